The fourth-order valence-electron chi connectivity index (χ4n) is 3.07. The maximum Gasteiger partial charge on any atom is 0.245 e. The van der Waals surface area contributed by atoms with E-state index in [0.29, 0.717) is 25.4 Å². The molecule has 1 unspecified atom stereocenters. The zero-order chi connectivity index (χ0) is 13.0. The Balaban J connectivity index is 2.08. The van der Waals surface area contributed by atoms with E-state index in [1.54, 1.807) is 0 Å². The molecule has 4 nitrogen and oxygen atoms in total. The Hall–Kier alpha value is -1.06. The van der Waals surface area contributed by atoms with Crippen molar-refractivity contribution in [3.8, 4) is 0 Å². The molecule has 4 heteroatoms. The molecule has 1 atom stereocenters. The monoisotopic (exact) mass is 252 g/mol. The lowest BCUT2D eigenvalue weighted by Crippen LogP contribution is -2.48. The van der Waals surface area contributed by atoms with Crippen molar-refractivity contribution >= 4 is 11.8 Å². The van der Waals surface area contributed by atoms with Crippen LogP contribution in [0.15, 0.2) is 0 Å². The van der Waals surface area contributed by atoms with Gasteiger partial charge in [-0.05, 0) is 19.3 Å². The third kappa shape index (κ3) is 3.03. The van der Waals surface area contributed by atoms with Crippen LogP contribution in [0.4, 0.5) is 0 Å². The van der Waals surface area contributed by atoms with E-state index in [9.17, 15) is 9.59 Å². The standard InChI is InChI=1S/C14H24N2O2/c1-2-12-14(18)16(10-9-13(17)15-12)11-7-5-3-4-6-8-11/h11-12H,2-10H2,1H3,(H,15,17). The van der Waals surface area contributed by atoms with Crippen LogP contribution in [0.2, 0.25) is 0 Å². The van der Waals surface area contributed by atoms with Gasteiger partial charge in [0.15, 0.2) is 0 Å². The van der Waals surface area contributed by atoms with Gasteiger partial charge in [-0.3, -0.25) is 9.59 Å². The number of carbonyl (C=O) groups excluding carboxylic acids is 2. The highest BCUT2D eigenvalue weighted by molar-refractivity contribution is 5.90. The van der Waals surface area contributed by atoms with Crippen LogP contribution in [0.25, 0.3) is 0 Å². The smallest absolute Gasteiger partial charge is 0.245 e. The SMILES string of the molecule is CCC1NC(=O)CCN(C2CCCCCC2)C1=O. The Kier molecular flexibility index (Phi) is 4.61. The van der Waals surface area contributed by atoms with Crippen LogP contribution in [0.3, 0.4) is 0 Å². The van der Waals surface area contributed by atoms with Crippen LogP contribution in [-0.2, 0) is 9.59 Å². The van der Waals surface area contributed by atoms with Crippen molar-refractivity contribution in [2.24, 2.45) is 0 Å². The Morgan fingerprint density at radius 2 is 1.83 bits per heavy atom. The average molecular weight is 252 g/mol. The van der Waals surface area contributed by atoms with Gasteiger partial charge in [0, 0.05) is 19.0 Å². The third-order valence-electron chi connectivity index (χ3n) is 4.17. The molecule has 0 radical (unpaired) electrons. The number of nitrogens with one attached hydrogen (secondary N) is 1. The van der Waals surface area contributed by atoms with Gasteiger partial charge in [0.25, 0.3) is 0 Å². The van der Waals surface area contributed by atoms with Crippen molar-refractivity contribution < 1.29 is 9.59 Å². The van der Waals surface area contributed by atoms with Gasteiger partial charge in [-0.15, -0.1) is 0 Å². The predicted molar refractivity (Wildman–Crippen MR) is 70.0 cm³/mol. The van der Waals surface area contributed by atoms with E-state index in [2.05, 4.69) is 5.32 Å². The van der Waals surface area contributed by atoms with Crippen molar-refractivity contribution in [2.45, 2.75) is 70.4 Å². The molecule has 18 heavy (non-hydrogen) atoms. The third-order valence-corrected chi connectivity index (χ3v) is 4.17. The summed E-state index contributed by atoms with van der Waals surface area (Å²) in [6.07, 6.45) is 8.36. The maximum atomic E-state index is 12.4. The van der Waals surface area contributed by atoms with E-state index in [1.165, 1.54) is 25.7 Å². The minimum Gasteiger partial charge on any atom is -0.344 e. The van der Waals surface area contributed by atoms with Gasteiger partial charge in [-0.25, -0.2) is 0 Å². The molecule has 0 aromatic rings. The molecule has 102 valence electrons. The summed E-state index contributed by atoms with van der Waals surface area (Å²) in [7, 11) is 0. The first-order chi connectivity index (χ1) is 8.72. The minimum atomic E-state index is -0.303. The second-order valence-corrected chi connectivity index (χ2v) is 5.46. The normalized spacial score (nSPS) is 27.6. The molecule has 0 aromatic carbocycles. The second kappa shape index (κ2) is 6.21. The summed E-state index contributed by atoms with van der Waals surface area (Å²) < 4.78 is 0. The van der Waals surface area contributed by atoms with E-state index in [4.69, 9.17) is 0 Å². The number of hydrogen-bond acceptors (Lipinski definition) is 2. The Labute approximate surface area is 109 Å². The van der Waals surface area contributed by atoms with Crippen LogP contribution >= 0.6 is 0 Å². The predicted octanol–water partition coefficient (Wildman–Crippen LogP) is 1.84. The second-order valence-electron chi connectivity index (χ2n) is 5.46. The van der Waals surface area contributed by atoms with Crippen LogP contribution in [0.1, 0.15) is 58.3 Å². The molecule has 1 saturated heterocycles. The van der Waals surface area contributed by atoms with Gasteiger partial charge < -0.3 is 10.2 Å². The highest BCUT2D eigenvalue weighted by Gasteiger charge is 2.32. The molecule has 2 aliphatic rings. The summed E-state index contributed by atoms with van der Waals surface area (Å²) in [4.78, 5) is 26.0. The van der Waals surface area contributed by atoms with Crippen molar-refractivity contribution in [3.05, 3.63) is 0 Å². The van der Waals surface area contributed by atoms with E-state index in [0.717, 1.165) is 12.8 Å². The maximum absolute atomic E-state index is 12.4. The molecule has 1 saturated carbocycles. The van der Waals surface area contributed by atoms with Crippen LogP contribution in [0, 0.1) is 0 Å². The molecule has 0 bridgehead atoms. The summed E-state index contributed by atoms with van der Waals surface area (Å²) in [6, 6.07) is 0.0602. The lowest BCUT2D eigenvalue weighted by atomic mass is 10.1. The first-order valence-corrected chi connectivity index (χ1v) is 7.32. The van der Waals surface area contributed by atoms with Gasteiger partial charge in [0.2, 0.25) is 11.8 Å². The number of carbonyl (C=O) groups is 2. The zero-order valence-electron chi connectivity index (χ0n) is 11.3. The van der Waals surface area contributed by atoms with Crippen LogP contribution in [0.5, 0.6) is 0 Å². The van der Waals surface area contributed by atoms with Gasteiger partial charge in [0.05, 0.1) is 0 Å². The highest BCUT2D eigenvalue weighted by atomic mass is 16.2. The molecule has 1 aliphatic heterocycles. The summed E-state index contributed by atoms with van der Waals surface area (Å²) in [5.74, 6) is 0.154. The van der Waals surface area contributed by atoms with Crippen LogP contribution in [-0.4, -0.2) is 35.3 Å². The van der Waals surface area contributed by atoms with Crippen molar-refractivity contribution in [3.63, 3.8) is 0 Å². The van der Waals surface area contributed by atoms with Gasteiger partial charge in [-0.2, -0.15) is 0 Å². The van der Waals surface area contributed by atoms with Crippen molar-refractivity contribution in [2.75, 3.05) is 6.54 Å². The lowest BCUT2D eigenvalue weighted by molar-refractivity contribution is -0.135. The topological polar surface area (TPSA) is 49.4 Å². The zero-order valence-corrected chi connectivity index (χ0v) is 11.3. The molecular weight excluding hydrogens is 228 g/mol. The first kappa shape index (κ1) is 13.4. The molecule has 2 rings (SSSR count). The molecule has 2 fully saturated rings. The summed E-state index contributed by atoms with van der Waals surface area (Å²) in [5, 5.41) is 2.83. The number of rotatable bonds is 2. The number of hydrogen-bond donors (Lipinski definition) is 1. The van der Waals surface area contributed by atoms with Gasteiger partial charge in [0.1, 0.15) is 6.04 Å². The molecule has 1 N–H and O–H groups in total. The van der Waals surface area contributed by atoms with Crippen LogP contribution < -0.4 is 5.32 Å². The average Bonchev–Trinajstić information content (AvgIpc) is 2.70. The van der Waals surface area contributed by atoms with Crippen molar-refractivity contribution in [1.29, 1.82) is 0 Å². The summed E-state index contributed by atoms with van der Waals surface area (Å²) in [5.41, 5.74) is 0. The molecule has 1 aliphatic carbocycles. The molecule has 0 spiro atoms. The molecular formula is C14H24N2O2. The van der Waals surface area contributed by atoms with Gasteiger partial charge >= 0.3 is 0 Å². The van der Waals surface area contributed by atoms with E-state index >= 15 is 0 Å². The number of amides is 2. The first-order valence-electron chi connectivity index (χ1n) is 7.32. The van der Waals surface area contributed by atoms with Crippen molar-refractivity contribution in [1.82, 2.24) is 10.2 Å². The summed E-state index contributed by atoms with van der Waals surface area (Å²) >= 11 is 0. The number of nitrogens with zero attached hydrogens (tertiary/aromatic N) is 1. The fraction of sp³-hybridized carbons (Fsp3) is 0.857. The minimum absolute atomic E-state index is 0.0197. The summed E-state index contributed by atoms with van der Waals surface area (Å²) in [6.45, 7) is 2.56. The molecule has 1 heterocycles. The Bertz CT molecular complexity index is 309. The Morgan fingerprint density at radius 3 is 2.44 bits per heavy atom. The Morgan fingerprint density at radius 1 is 1.17 bits per heavy atom. The van der Waals surface area contributed by atoms with E-state index in [1.807, 2.05) is 11.8 Å². The van der Waals surface area contributed by atoms with E-state index < -0.39 is 0 Å². The lowest BCUT2D eigenvalue weighted by Gasteiger charge is -2.31. The fourth-order valence-corrected chi connectivity index (χ4v) is 3.07. The highest BCUT2D eigenvalue weighted by Crippen LogP contribution is 2.23. The van der Waals surface area contributed by atoms with E-state index in [-0.39, 0.29) is 17.9 Å². The molecule has 2 amide bonds. The quantitative estimate of drug-likeness (QED) is 0.762. The molecule has 0 aromatic heterocycles. The largest absolute Gasteiger partial charge is 0.344 e. The van der Waals surface area contributed by atoms with Gasteiger partial charge in [-0.1, -0.05) is 32.6 Å².